The highest BCUT2D eigenvalue weighted by Crippen LogP contribution is 2.39. The monoisotopic (exact) mass is 625 g/mol. The fourth-order valence-corrected chi connectivity index (χ4v) is 6.15. The molecule has 0 atom stereocenters. The number of nitrogens with zero attached hydrogens (tertiary/aromatic N) is 1. The maximum atomic E-state index is 10.5. The topological polar surface area (TPSA) is 32.7 Å². The summed E-state index contributed by atoms with van der Waals surface area (Å²) in [7, 11) is 0.414. The maximum Gasteiger partial charge on any atom is 0.309 e. The van der Waals surface area contributed by atoms with Gasteiger partial charge in [-0.3, -0.25) is 0 Å². The molecule has 48 heavy (non-hydrogen) atoms. The van der Waals surface area contributed by atoms with Gasteiger partial charge in [-0.2, -0.15) is 0 Å². The molecule has 3 nitrogen and oxygen atoms in total. The first-order valence-electron chi connectivity index (χ1n) is 16.6. The third-order valence-electron chi connectivity index (χ3n) is 9.70. The normalized spacial score (nSPS) is 11.9. The van der Waals surface area contributed by atoms with Gasteiger partial charge in [-0.1, -0.05) is 121 Å². The van der Waals surface area contributed by atoms with Gasteiger partial charge in [0.05, 0.1) is 11.2 Å². The average Bonchev–Trinajstić information content (AvgIpc) is 3.12. The Balaban J connectivity index is 1.25. The number of fused-ring (bicyclic) bond motifs is 3. The summed E-state index contributed by atoms with van der Waals surface area (Å²) in [6, 6.07) is 56.3. The van der Waals surface area contributed by atoms with Gasteiger partial charge in [0.15, 0.2) is 0 Å². The molecular weight excluding hydrogens is 585 g/mol. The van der Waals surface area contributed by atoms with Crippen LogP contribution >= 0.6 is 0 Å². The Labute approximate surface area is 284 Å². The standard InChI is InChI=1S/C44H40BNO2/c1-43(2,47)44(3,4)48-45-35-22-28-38(29-23-35)46(36-24-18-32(19-25-36)31-12-6-5-7-13-31)37-26-20-33(21-27-37)42-30-34-14-8-9-15-39(34)40-16-10-11-17-41(40)42/h5-30,45,47H,1-4H3. The number of aliphatic hydroxyl groups is 1. The van der Waals surface area contributed by atoms with Crippen LogP contribution in [0.3, 0.4) is 0 Å². The highest BCUT2D eigenvalue weighted by Gasteiger charge is 2.35. The fraction of sp³-hybridized carbons (Fsp3) is 0.136. The van der Waals surface area contributed by atoms with Gasteiger partial charge in [-0.25, -0.2) is 0 Å². The molecule has 236 valence electrons. The highest BCUT2D eigenvalue weighted by molar-refractivity contribution is 6.47. The van der Waals surface area contributed by atoms with Crippen LogP contribution in [0.15, 0.2) is 158 Å². The minimum Gasteiger partial charge on any atom is -0.427 e. The fourth-order valence-electron chi connectivity index (χ4n) is 6.15. The molecule has 0 saturated carbocycles. The molecule has 0 aliphatic carbocycles. The molecule has 0 aromatic heterocycles. The van der Waals surface area contributed by atoms with Crippen LogP contribution in [0.2, 0.25) is 0 Å². The van der Waals surface area contributed by atoms with E-state index in [1.54, 1.807) is 13.8 Å². The van der Waals surface area contributed by atoms with Crippen LogP contribution in [0.25, 0.3) is 43.8 Å². The van der Waals surface area contributed by atoms with Crippen LogP contribution in [0.1, 0.15) is 27.7 Å². The highest BCUT2D eigenvalue weighted by atomic mass is 16.5. The van der Waals surface area contributed by atoms with E-state index < -0.39 is 11.2 Å². The molecule has 4 heteroatoms. The first kappa shape index (κ1) is 31.4. The lowest BCUT2D eigenvalue weighted by molar-refractivity contribution is -0.0893. The second-order valence-corrected chi connectivity index (χ2v) is 13.5. The van der Waals surface area contributed by atoms with Gasteiger partial charge in [0, 0.05) is 17.1 Å². The molecule has 0 saturated heterocycles. The molecule has 0 unspecified atom stereocenters. The number of hydrogen-bond acceptors (Lipinski definition) is 3. The Morgan fingerprint density at radius 3 is 1.58 bits per heavy atom. The van der Waals surface area contributed by atoms with Crippen molar-refractivity contribution in [3.63, 3.8) is 0 Å². The van der Waals surface area contributed by atoms with Crippen LogP contribution < -0.4 is 10.4 Å². The summed E-state index contributed by atoms with van der Waals surface area (Å²) < 4.78 is 6.15. The van der Waals surface area contributed by atoms with E-state index in [-0.39, 0.29) is 0 Å². The molecule has 7 aromatic rings. The Hall–Kier alpha value is -5.16. The number of rotatable bonds is 9. The molecule has 7 aromatic carbocycles. The van der Waals surface area contributed by atoms with E-state index in [0.717, 1.165) is 22.5 Å². The second kappa shape index (κ2) is 12.8. The van der Waals surface area contributed by atoms with Crippen LogP contribution in [0, 0.1) is 0 Å². The van der Waals surface area contributed by atoms with Gasteiger partial charge in [0.2, 0.25) is 0 Å². The zero-order valence-corrected chi connectivity index (χ0v) is 28.0. The van der Waals surface area contributed by atoms with Gasteiger partial charge in [0.25, 0.3) is 0 Å². The van der Waals surface area contributed by atoms with E-state index in [9.17, 15) is 5.11 Å². The second-order valence-electron chi connectivity index (χ2n) is 13.5. The molecule has 0 aliphatic rings. The van der Waals surface area contributed by atoms with Gasteiger partial charge < -0.3 is 14.7 Å². The maximum absolute atomic E-state index is 10.5. The average molecular weight is 626 g/mol. The third kappa shape index (κ3) is 6.25. The number of benzene rings is 7. The minimum absolute atomic E-state index is 0.414. The first-order valence-corrected chi connectivity index (χ1v) is 16.6. The Kier molecular flexibility index (Phi) is 8.39. The summed E-state index contributed by atoms with van der Waals surface area (Å²) >= 11 is 0. The van der Waals surface area contributed by atoms with Crippen LogP contribution in [-0.2, 0) is 4.65 Å². The molecule has 7 rings (SSSR count). The summed E-state index contributed by atoms with van der Waals surface area (Å²) in [4.78, 5) is 2.29. The molecule has 0 radical (unpaired) electrons. The van der Waals surface area contributed by atoms with Crippen molar-refractivity contribution < 1.29 is 9.76 Å². The van der Waals surface area contributed by atoms with Crippen molar-refractivity contribution in [2.24, 2.45) is 0 Å². The summed E-state index contributed by atoms with van der Waals surface area (Å²) in [5.41, 5.74) is 7.40. The van der Waals surface area contributed by atoms with Crippen molar-refractivity contribution in [2.45, 2.75) is 38.9 Å². The molecule has 0 amide bonds. The minimum atomic E-state index is -0.957. The zero-order valence-electron chi connectivity index (χ0n) is 28.0. The van der Waals surface area contributed by atoms with E-state index >= 15 is 0 Å². The van der Waals surface area contributed by atoms with Crippen molar-refractivity contribution in [3.8, 4) is 22.3 Å². The molecule has 0 bridgehead atoms. The van der Waals surface area contributed by atoms with Crippen molar-refractivity contribution >= 4 is 51.6 Å². The third-order valence-corrected chi connectivity index (χ3v) is 9.70. The van der Waals surface area contributed by atoms with Crippen LogP contribution in [0.5, 0.6) is 0 Å². The van der Waals surface area contributed by atoms with E-state index in [1.165, 1.54) is 43.8 Å². The Morgan fingerprint density at radius 2 is 0.979 bits per heavy atom. The van der Waals surface area contributed by atoms with Crippen molar-refractivity contribution in [1.29, 1.82) is 0 Å². The molecule has 0 fully saturated rings. The quantitative estimate of drug-likeness (QED) is 0.128. The molecular formula is C44H40BNO2. The Morgan fingerprint density at radius 1 is 0.500 bits per heavy atom. The van der Waals surface area contributed by atoms with Gasteiger partial charge in [-0.05, 0) is 114 Å². The van der Waals surface area contributed by atoms with Crippen molar-refractivity contribution in [3.05, 3.63) is 158 Å². The summed E-state index contributed by atoms with van der Waals surface area (Å²) in [5.74, 6) is 0. The lowest BCUT2D eigenvalue weighted by atomic mass is 9.82. The predicted octanol–water partition coefficient (Wildman–Crippen LogP) is 10.3. The lowest BCUT2D eigenvalue weighted by Gasteiger charge is -2.37. The van der Waals surface area contributed by atoms with Crippen molar-refractivity contribution in [1.82, 2.24) is 0 Å². The van der Waals surface area contributed by atoms with Crippen LogP contribution in [0.4, 0.5) is 17.1 Å². The molecule has 0 aliphatic heterocycles. The zero-order chi connectivity index (χ0) is 33.3. The van der Waals surface area contributed by atoms with E-state index in [1.807, 2.05) is 19.9 Å². The predicted molar refractivity (Wildman–Crippen MR) is 205 cm³/mol. The summed E-state index contributed by atoms with van der Waals surface area (Å²) in [6.45, 7) is 7.41. The van der Waals surface area contributed by atoms with E-state index in [2.05, 4.69) is 157 Å². The molecule has 0 spiro atoms. The molecule has 1 N–H and O–H groups in total. The van der Waals surface area contributed by atoms with E-state index in [0.29, 0.717) is 7.48 Å². The van der Waals surface area contributed by atoms with Gasteiger partial charge in [0.1, 0.15) is 0 Å². The largest absolute Gasteiger partial charge is 0.427 e. The first-order chi connectivity index (χ1) is 23.2. The smallest absolute Gasteiger partial charge is 0.309 e. The molecule has 0 heterocycles. The van der Waals surface area contributed by atoms with Gasteiger partial charge >= 0.3 is 7.48 Å². The van der Waals surface area contributed by atoms with Crippen molar-refractivity contribution in [2.75, 3.05) is 4.90 Å². The SMILES string of the molecule is CC(C)(O)C(C)(C)OBc1ccc(N(c2ccc(-c3ccccc3)cc2)c2ccc(-c3cc4ccccc4c4ccccc34)cc2)cc1. The number of anilines is 3. The Bertz CT molecular complexity index is 2170. The van der Waals surface area contributed by atoms with E-state index in [4.69, 9.17) is 4.65 Å². The van der Waals surface area contributed by atoms with Gasteiger partial charge in [-0.15, -0.1) is 0 Å². The lowest BCUT2D eigenvalue weighted by Crippen LogP contribution is -2.49. The van der Waals surface area contributed by atoms with Crippen LogP contribution in [-0.4, -0.2) is 23.8 Å². The summed E-state index contributed by atoms with van der Waals surface area (Å²) in [6.07, 6.45) is 0. The number of hydrogen-bond donors (Lipinski definition) is 1. The summed E-state index contributed by atoms with van der Waals surface area (Å²) in [5, 5.41) is 15.6.